The van der Waals surface area contributed by atoms with E-state index in [9.17, 15) is 42.7 Å². The molecule has 4 aliphatic heterocycles. The summed E-state index contributed by atoms with van der Waals surface area (Å²) in [6.45, 7) is 0.0431. The Morgan fingerprint density at radius 1 is 1.29 bits per heavy atom. The highest BCUT2D eigenvalue weighted by atomic mass is 32.2. The van der Waals surface area contributed by atoms with Crippen molar-refractivity contribution < 1.29 is 42.7 Å². The molecule has 3 fully saturated rings. The molecule has 220 valence electrons. The number of carbonyl (C=O) groups excluding carboxylic acids is 3. The van der Waals surface area contributed by atoms with Gasteiger partial charge in [-0.05, 0) is 18.1 Å². The Bertz CT molecular complexity index is 1400. The van der Waals surface area contributed by atoms with Gasteiger partial charge < -0.3 is 31.6 Å². The molecular weight excluding hydrogens is 593 g/mol. The van der Waals surface area contributed by atoms with Crippen LogP contribution in [0.3, 0.4) is 0 Å². The van der Waals surface area contributed by atoms with Crippen LogP contribution in [0.1, 0.15) is 12.2 Å². The van der Waals surface area contributed by atoms with Crippen LogP contribution in [0.15, 0.2) is 28.1 Å². The Hall–Kier alpha value is -3.71. The molecule has 0 bridgehead atoms. The molecule has 41 heavy (non-hydrogen) atoms. The van der Waals surface area contributed by atoms with Crippen molar-refractivity contribution in [3.05, 3.63) is 28.7 Å². The molecule has 19 heteroatoms. The van der Waals surface area contributed by atoms with Crippen LogP contribution in [0.25, 0.3) is 0 Å². The zero-order valence-corrected chi connectivity index (χ0v) is 22.6. The number of carboxylic acid groups (broad SMARTS) is 1. The third kappa shape index (κ3) is 5.35. The first-order chi connectivity index (χ1) is 19.4. The van der Waals surface area contributed by atoms with Gasteiger partial charge in [-0.15, -0.1) is 11.8 Å². The van der Waals surface area contributed by atoms with Gasteiger partial charge in [0, 0.05) is 55.0 Å². The fourth-order valence-electron chi connectivity index (χ4n) is 5.26. The van der Waals surface area contributed by atoms with Crippen molar-refractivity contribution in [2.24, 2.45) is 17.0 Å². The number of thioether (sulfide) groups is 1. The largest absolute Gasteiger partial charge is 0.477 e. The van der Waals surface area contributed by atoms with Gasteiger partial charge in [0.15, 0.2) is 5.13 Å². The van der Waals surface area contributed by atoms with Crippen LogP contribution in [0, 0.1) is 11.8 Å². The van der Waals surface area contributed by atoms with E-state index in [0.717, 1.165) is 28.2 Å². The molecule has 0 aliphatic carbocycles. The van der Waals surface area contributed by atoms with Crippen LogP contribution >= 0.6 is 23.3 Å². The highest BCUT2D eigenvalue weighted by Crippen LogP contribution is 2.41. The number of aromatic nitrogens is 2. The monoisotopic (exact) mass is 616 g/mol. The summed E-state index contributed by atoms with van der Waals surface area (Å²) in [6, 6.07) is -1.14. The van der Waals surface area contributed by atoms with Crippen molar-refractivity contribution in [3.8, 4) is 0 Å². The molecule has 4 atom stereocenters. The summed E-state index contributed by atoms with van der Waals surface area (Å²) >= 11 is 1.91. The summed E-state index contributed by atoms with van der Waals surface area (Å²) in [4.78, 5) is 56.9. The molecule has 5 rings (SSSR count). The summed E-state index contributed by atoms with van der Waals surface area (Å²) in [7, 11) is 0. The number of nitrogen functional groups attached to an aromatic ring is 1. The molecule has 1 aromatic heterocycles. The normalized spacial score (nSPS) is 27.9. The number of nitrogens with two attached hydrogens (primary N) is 1. The fourth-order valence-corrected chi connectivity index (χ4v) is 7.00. The van der Waals surface area contributed by atoms with Crippen molar-refractivity contribution in [1.82, 2.24) is 29.8 Å². The minimum Gasteiger partial charge on any atom is -0.477 e. The number of rotatable bonds is 7. The van der Waals surface area contributed by atoms with Gasteiger partial charge in [0.05, 0.1) is 5.92 Å². The number of fused-ring (bicyclic) bond motifs is 1. The highest BCUT2D eigenvalue weighted by Gasteiger charge is 2.54. The van der Waals surface area contributed by atoms with E-state index in [1.165, 1.54) is 11.0 Å². The third-order valence-corrected chi connectivity index (χ3v) is 9.08. The van der Waals surface area contributed by atoms with E-state index >= 15 is 0 Å². The number of halogens is 3. The second kappa shape index (κ2) is 10.9. The van der Waals surface area contributed by atoms with Gasteiger partial charge in [-0.1, -0.05) is 5.16 Å². The van der Waals surface area contributed by atoms with E-state index < -0.39 is 58.8 Å². The summed E-state index contributed by atoms with van der Waals surface area (Å²) in [5.41, 5.74) is 4.98. The van der Waals surface area contributed by atoms with Gasteiger partial charge in [0.1, 0.15) is 17.1 Å². The molecular formula is C22H23F3N8O6S2. The average molecular weight is 617 g/mol. The maximum absolute atomic E-state index is 13.3. The lowest BCUT2D eigenvalue weighted by Gasteiger charge is -2.49. The quantitative estimate of drug-likeness (QED) is 0.0876. The fraction of sp³-hybridized carbons (Fsp3) is 0.500. The summed E-state index contributed by atoms with van der Waals surface area (Å²) < 4.78 is 43.8. The zero-order chi connectivity index (χ0) is 29.6. The highest BCUT2D eigenvalue weighted by molar-refractivity contribution is 8.00. The van der Waals surface area contributed by atoms with E-state index in [2.05, 4.69) is 25.1 Å². The molecule has 0 aromatic carbocycles. The first kappa shape index (κ1) is 28.8. The number of alkyl halides is 3. The predicted molar refractivity (Wildman–Crippen MR) is 138 cm³/mol. The number of carbonyl (C=O) groups is 4. The Morgan fingerprint density at radius 3 is 2.68 bits per heavy atom. The first-order valence-electron chi connectivity index (χ1n) is 12.2. The van der Waals surface area contributed by atoms with Gasteiger partial charge in [-0.25, -0.2) is 4.79 Å². The molecule has 14 nitrogen and oxygen atoms in total. The summed E-state index contributed by atoms with van der Waals surface area (Å²) in [5, 5.41) is 26.4. The number of anilines is 1. The molecule has 5 heterocycles. The Kier molecular flexibility index (Phi) is 7.68. The molecule has 3 amide bonds. The summed E-state index contributed by atoms with van der Waals surface area (Å²) in [6.07, 6.45) is -2.78. The van der Waals surface area contributed by atoms with Crippen LogP contribution in [-0.2, 0) is 19.2 Å². The first-order valence-corrected chi connectivity index (χ1v) is 14.0. The van der Waals surface area contributed by atoms with E-state index in [-0.39, 0.29) is 66.2 Å². The Balaban J connectivity index is 1.29. The van der Waals surface area contributed by atoms with Crippen LogP contribution in [0.5, 0.6) is 0 Å². The number of hydrogen-bond donors (Lipinski definition) is 5. The maximum Gasteiger partial charge on any atom is 0.393 e. The lowest BCUT2D eigenvalue weighted by atomic mass is 9.95. The molecule has 0 unspecified atom stereocenters. The van der Waals surface area contributed by atoms with E-state index in [1.54, 1.807) is 0 Å². The van der Waals surface area contributed by atoms with Crippen LogP contribution in [-0.4, -0.2) is 108 Å². The SMILES string of the molecule is Nc1nc(/C(=N/O)C(=O)N[C@@H]2C(=O)N3C(C(=O)O)=C(C=C4CCN(C[C@H]5CNC[C@@H]5C(F)(F)F)C4=O)CS[C@H]23)ns1. The minimum absolute atomic E-state index is 0.0190. The maximum atomic E-state index is 13.3. The number of β-lactam (4-membered cyclic amide) rings is 1. The number of nitrogens with zero attached hydrogens (tertiary/aromatic N) is 5. The molecule has 6 N–H and O–H groups in total. The number of amides is 3. The van der Waals surface area contributed by atoms with E-state index in [0.29, 0.717) is 0 Å². The number of hydrogen-bond acceptors (Lipinski definition) is 12. The average Bonchev–Trinajstić information content (AvgIpc) is 3.64. The van der Waals surface area contributed by atoms with E-state index in [4.69, 9.17) is 5.73 Å². The smallest absolute Gasteiger partial charge is 0.393 e. The molecule has 3 saturated heterocycles. The Labute approximate surface area is 237 Å². The molecule has 1 aromatic rings. The van der Waals surface area contributed by atoms with Gasteiger partial charge in [0.25, 0.3) is 11.8 Å². The topological polar surface area (TPSA) is 203 Å². The van der Waals surface area contributed by atoms with Gasteiger partial charge in [-0.3, -0.25) is 19.3 Å². The third-order valence-electron chi connectivity index (χ3n) is 7.23. The predicted octanol–water partition coefficient (Wildman–Crippen LogP) is -0.406. The van der Waals surface area contributed by atoms with Crippen molar-refractivity contribution >= 4 is 57.8 Å². The van der Waals surface area contributed by atoms with Crippen LogP contribution in [0.2, 0.25) is 0 Å². The van der Waals surface area contributed by atoms with Crippen LogP contribution < -0.4 is 16.4 Å². The lowest BCUT2D eigenvalue weighted by molar-refractivity contribution is -0.180. The number of aliphatic carboxylic acids is 1. The zero-order valence-electron chi connectivity index (χ0n) is 20.9. The number of likely N-dealkylation sites (tertiary alicyclic amines) is 1. The van der Waals surface area contributed by atoms with Crippen LogP contribution in [0.4, 0.5) is 18.3 Å². The molecule has 0 saturated carbocycles. The second-order valence-electron chi connectivity index (χ2n) is 9.68. The standard InChI is InChI=1S/C22H23F3N8O6S2/c23-22(24,25)11-5-27-4-10(11)6-32-2-1-8(17(32)35)3-9-7-40-19-13(18(36)33(19)14(9)20(37)38)28-16(34)12(30-39)15-29-21(26)41-31-15/h3,10-11,13,19,27,39H,1-2,4-7H2,(H,28,34)(H,37,38)(H2,26,29,31)/b8-3?,30-12-/t10-,11+,13-,19-/m1/s1. The Morgan fingerprint density at radius 2 is 2.05 bits per heavy atom. The molecule has 0 spiro atoms. The number of oxime groups is 1. The van der Waals surface area contributed by atoms with Crippen molar-refractivity contribution in [2.45, 2.75) is 24.0 Å². The lowest BCUT2D eigenvalue weighted by Crippen LogP contribution is -2.71. The van der Waals surface area contributed by atoms with Crippen molar-refractivity contribution in [2.75, 3.05) is 37.7 Å². The van der Waals surface area contributed by atoms with Crippen molar-refractivity contribution in [3.63, 3.8) is 0 Å². The number of nitrogens with one attached hydrogen (secondary N) is 2. The molecule has 4 aliphatic rings. The van der Waals surface area contributed by atoms with E-state index in [1.807, 2.05) is 0 Å². The molecule has 0 radical (unpaired) electrons. The minimum atomic E-state index is -4.38. The number of carboxylic acids is 1. The van der Waals surface area contributed by atoms with Crippen molar-refractivity contribution in [1.29, 1.82) is 0 Å². The number of allylic oxidation sites excluding steroid dienone is 1. The second-order valence-corrected chi connectivity index (χ2v) is 11.6. The van der Waals surface area contributed by atoms with Gasteiger partial charge in [0.2, 0.25) is 17.4 Å². The van der Waals surface area contributed by atoms with Gasteiger partial charge in [-0.2, -0.15) is 22.5 Å². The summed E-state index contributed by atoms with van der Waals surface area (Å²) in [5.74, 6) is -6.13. The van der Waals surface area contributed by atoms with Gasteiger partial charge >= 0.3 is 12.1 Å².